The fourth-order valence-corrected chi connectivity index (χ4v) is 2.40. The Morgan fingerprint density at radius 3 is 2.86 bits per heavy atom. The summed E-state index contributed by atoms with van der Waals surface area (Å²) in [6.07, 6.45) is 6.94. The van der Waals surface area contributed by atoms with Crippen LogP contribution in [0.3, 0.4) is 0 Å². The Morgan fingerprint density at radius 2 is 2.29 bits per heavy atom. The highest BCUT2D eigenvalue weighted by molar-refractivity contribution is 5.07. The van der Waals surface area contributed by atoms with E-state index >= 15 is 0 Å². The summed E-state index contributed by atoms with van der Waals surface area (Å²) in [4.78, 5) is 7.44. The van der Waals surface area contributed by atoms with Gasteiger partial charge >= 0.3 is 0 Å². The monoisotopic (exact) mass is 193 g/mol. The molecule has 2 rings (SSSR count). The van der Waals surface area contributed by atoms with E-state index in [0.717, 1.165) is 24.6 Å². The van der Waals surface area contributed by atoms with Gasteiger partial charge < -0.3 is 10.7 Å². The first-order chi connectivity index (χ1) is 6.62. The number of imidazole rings is 1. The molecule has 3 heteroatoms. The highest BCUT2D eigenvalue weighted by Crippen LogP contribution is 2.39. The molecule has 1 aliphatic rings. The van der Waals surface area contributed by atoms with E-state index in [1.807, 2.05) is 6.20 Å². The molecule has 0 amide bonds. The van der Waals surface area contributed by atoms with Gasteiger partial charge in [-0.2, -0.15) is 0 Å². The van der Waals surface area contributed by atoms with Crippen molar-refractivity contribution in [2.45, 2.75) is 38.6 Å². The van der Waals surface area contributed by atoms with Gasteiger partial charge in [0.15, 0.2) is 0 Å². The molecule has 0 bridgehead atoms. The van der Waals surface area contributed by atoms with Crippen LogP contribution in [0.2, 0.25) is 0 Å². The summed E-state index contributed by atoms with van der Waals surface area (Å²) in [5, 5.41) is 0. The normalized spacial score (nSPS) is 38.5. The van der Waals surface area contributed by atoms with Gasteiger partial charge in [-0.25, -0.2) is 4.98 Å². The van der Waals surface area contributed by atoms with Gasteiger partial charge in [0.05, 0.1) is 5.54 Å². The maximum absolute atomic E-state index is 6.38. The molecule has 0 saturated heterocycles. The van der Waals surface area contributed by atoms with E-state index in [0.29, 0.717) is 5.92 Å². The van der Waals surface area contributed by atoms with Crippen LogP contribution in [0.15, 0.2) is 12.4 Å². The van der Waals surface area contributed by atoms with E-state index in [9.17, 15) is 0 Å². The van der Waals surface area contributed by atoms with Gasteiger partial charge in [-0.15, -0.1) is 0 Å². The third kappa shape index (κ3) is 1.57. The van der Waals surface area contributed by atoms with Crippen molar-refractivity contribution in [3.05, 3.63) is 18.2 Å². The number of aromatic nitrogens is 2. The number of rotatable bonds is 1. The van der Waals surface area contributed by atoms with Crippen LogP contribution in [0.1, 0.15) is 38.9 Å². The second-order valence-electron chi connectivity index (χ2n) is 4.79. The van der Waals surface area contributed by atoms with E-state index in [-0.39, 0.29) is 5.54 Å². The van der Waals surface area contributed by atoms with Gasteiger partial charge in [-0.1, -0.05) is 13.8 Å². The molecule has 3 atom stereocenters. The Hall–Kier alpha value is -0.830. The molecule has 78 valence electrons. The smallest absolute Gasteiger partial charge is 0.126 e. The molecule has 1 aliphatic carbocycles. The number of nitrogens with two attached hydrogens (primary N) is 1. The topological polar surface area (TPSA) is 54.7 Å². The molecule has 1 aromatic heterocycles. The van der Waals surface area contributed by atoms with Crippen LogP contribution in [0.25, 0.3) is 0 Å². The molecule has 1 heterocycles. The third-order valence-corrected chi connectivity index (χ3v) is 3.67. The van der Waals surface area contributed by atoms with Crippen molar-refractivity contribution in [2.24, 2.45) is 17.6 Å². The van der Waals surface area contributed by atoms with Crippen LogP contribution in [0.4, 0.5) is 0 Å². The molecule has 0 aliphatic heterocycles. The summed E-state index contributed by atoms with van der Waals surface area (Å²) in [5.41, 5.74) is 6.17. The van der Waals surface area contributed by atoms with Gasteiger partial charge in [-0.05, 0) is 31.1 Å². The Labute approximate surface area is 85.1 Å². The van der Waals surface area contributed by atoms with E-state index in [1.54, 1.807) is 6.20 Å². The minimum atomic E-state index is -0.213. The summed E-state index contributed by atoms with van der Waals surface area (Å²) < 4.78 is 0. The molecule has 3 N–H and O–H groups in total. The Bertz CT molecular complexity index is 293. The second-order valence-corrected chi connectivity index (χ2v) is 4.79. The standard InChI is InChI=1S/C11H19N3/c1-8-3-4-11(12,7-9(8)2)10-13-5-6-14-10/h5-6,8-9H,3-4,7,12H2,1-2H3,(H,13,14)/t8-,9+,11-/m1/s1. The Balaban J connectivity index is 2.18. The fourth-order valence-electron chi connectivity index (χ4n) is 2.40. The highest BCUT2D eigenvalue weighted by atomic mass is 15.0. The van der Waals surface area contributed by atoms with Crippen molar-refractivity contribution >= 4 is 0 Å². The number of hydrogen-bond donors (Lipinski definition) is 2. The minimum absolute atomic E-state index is 0.213. The number of aromatic amines is 1. The zero-order valence-corrected chi connectivity index (χ0v) is 8.96. The lowest BCUT2D eigenvalue weighted by atomic mass is 9.71. The van der Waals surface area contributed by atoms with Gasteiger partial charge in [0.25, 0.3) is 0 Å². The van der Waals surface area contributed by atoms with Crippen molar-refractivity contribution in [3.8, 4) is 0 Å². The van der Waals surface area contributed by atoms with Gasteiger partial charge in [-0.3, -0.25) is 0 Å². The van der Waals surface area contributed by atoms with E-state index in [1.165, 1.54) is 6.42 Å². The van der Waals surface area contributed by atoms with Crippen molar-refractivity contribution in [3.63, 3.8) is 0 Å². The van der Waals surface area contributed by atoms with E-state index < -0.39 is 0 Å². The molecule has 0 unspecified atom stereocenters. The summed E-state index contributed by atoms with van der Waals surface area (Å²) in [5.74, 6) is 2.44. The first kappa shape index (κ1) is 9.71. The minimum Gasteiger partial charge on any atom is -0.347 e. The molecule has 1 aromatic rings. The highest BCUT2D eigenvalue weighted by Gasteiger charge is 2.37. The third-order valence-electron chi connectivity index (χ3n) is 3.67. The van der Waals surface area contributed by atoms with Gasteiger partial charge in [0.1, 0.15) is 5.82 Å². The largest absolute Gasteiger partial charge is 0.347 e. The van der Waals surface area contributed by atoms with Crippen molar-refractivity contribution in [2.75, 3.05) is 0 Å². The molecule has 0 radical (unpaired) electrons. The quantitative estimate of drug-likeness (QED) is 0.717. The van der Waals surface area contributed by atoms with Crippen LogP contribution in [-0.4, -0.2) is 9.97 Å². The first-order valence-electron chi connectivity index (χ1n) is 5.40. The maximum Gasteiger partial charge on any atom is 0.126 e. The predicted molar refractivity (Wildman–Crippen MR) is 56.6 cm³/mol. The lowest BCUT2D eigenvalue weighted by Crippen LogP contribution is -2.44. The number of nitrogens with one attached hydrogen (secondary N) is 1. The predicted octanol–water partition coefficient (Wildman–Crippen LogP) is 2.02. The lowest BCUT2D eigenvalue weighted by Gasteiger charge is -2.38. The molecular formula is C11H19N3. The molecular weight excluding hydrogens is 174 g/mol. The zero-order valence-electron chi connectivity index (χ0n) is 8.96. The number of hydrogen-bond acceptors (Lipinski definition) is 2. The van der Waals surface area contributed by atoms with Crippen molar-refractivity contribution < 1.29 is 0 Å². The number of nitrogens with zero attached hydrogens (tertiary/aromatic N) is 1. The van der Waals surface area contributed by atoms with E-state index in [4.69, 9.17) is 5.73 Å². The maximum atomic E-state index is 6.38. The molecule has 0 spiro atoms. The molecule has 0 aromatic carbocycles. The van der Waals surface area contributed by atoms with Crippen molar-refractivity contribution in [1.29, 1.82) is 0 Å². The lowest BCUT2D eigenvalue weighted by molar-refractivity contribution is 0.170. The van der Waals surface area contributed by atoms with Crippen LogP contribution >= 0.6 is 0 Å². The molecule has 3 nitrogen and oxygen atoms in total. The Morgan fingerprint density at radius 1 is 1.50 bits per heavy atom. The fraction of sp³-hybridized carbons (Fsp3) is 0.727. The van der Waals surface area contributed by atoms with Crippen LogP contribution < -0.4 is 5.73 Å². The SMILES string of the molecule is C[C@@H]1CC[C@](N)(c2ncc[nH]2)C[C@@H]1C. The average molecular weight is 193 g/mol. The van der Waals surface area contributed by atoms with Crippen molar-refractivity contribution in [1.82, 2.24) is 9.97 Å². The van der Waals surface area contributed by atoms with Crippen LogP contribution in [0.5, 0.6) is 0 Å². The molecule has 14 heavy (non-hydrogen) atoms. The second kappa shape index (κ2) is 3.39. The summed E-state index contributed by atoms with van der Waals surface area (Å²) in [6, 6.07) is 0. The average Bonchev–Trinajstić information content (AvgIpc) is 2.65. The summed E-state index contributed by atoms with van der Waals surface area (Å²) >= 11 is 0. The van der Waals surface area contributed by atoms with Gasteiger partial charge in [0.2, 0.25) is 0 Å². The number of H-pyrrole nitrogens is 1. The first-order valence-corrected chi connectivity index (χ1v) is 5.40. The van der Waals surface area contributed by atoms with Gasteiger partial charge in [0, 0.05) is 12.4 Å². The summed E-state index contributed by atoms with van der Waals surface area (Å²) in [7, 11) is 0. The molecule has 1 saturated carbocycles. The van der Waals surface area contributed by atoms with Crippen LogP contribution in [-0.2, 0) is 5.54 Å². The van der Waals surface area contributed by atoms with E-state index in [2.05, 4.69) is 23.8 Å². The Kier molecular flexibility index (Phi) is 2.35. The molecule has 1 fully saturated rings. The summed E-state index contributed by atoms with van der Waals surface area (Å²) in [6.45, 7) is 4.60. The van der Waals surface area contributed by atoms with Crippen LogP contribution in [0, 0.1) is 11.8 Å². The zero-order chi connectivity index (χ0) is 10.2.